The van der Waals surface area contributed by atoms with Crippen LogP contribution in [0.25, 0.3) is 0 Å². The van der Waals surface area contributed by atoms with Gasteiger partial charge in [-0.25, -0.2) is 4.79 Å². The van der Waals surface area contributed by atoms with Gasteiger partial charge >= 0.3 is 12.2 Å². The zero-order valence-electron chi connectivity index (χ0n) is 32.1. The van der Waals surface area contributed by atoms with E-state index in [0.29, 0.717) is 49.8 Å². The fourth-order valence-corrected chi connectivity index (χ4v) is 7.62. The molecule has 3 N–H and O–H groups in total. The molecule has 0 aliphatic carbocycles. The number of carbonyl (C=O) groups excluding carboxylic acids is 4. The lowest BCUT2D eigenvalue weighted by Gasteiger charge is -2.36. The topological polar surface area (TPSA) is 154 Å². The van der Waals surface area contributed by atoms with Gasteiger partial charge in [-0.1, -0.05) is 12.1 Å². The smallest absolute Gasteiger partial charge is 0.382 e. The Bertz CT molecular complexity index is 2080. The molecule has 0 aromatic heterocycles. The van der Waals surface area contributed by atoms with Gasteiger partial charge in [-0.15, -0.1) is 0 Å². The van der Waals surface area contributed by atoms with Crippen LogP contribution in [0.2, 0.25) is 0 Å². The number of hydrogen-bond acceptors (Lipinski definition) is 10. The first-order valence-electron chi connectivity index (χ1n) is 18.8. The molecule has 3 fully saturated rings. The van der Waals surface area contributed by atoms with Crippen molar-refractivity contribution in [2.75, 3.05) is 92.1 Å². The van der Waals surface area contributed by atoms with Crippen LogP contribution in [-0.4, -0.2) is 116 Å². The van der Waals surface area contributed by atoms with Crippen LogP contribution in [0.5, 0.6) is 0 Å². The third-order valence-electron chi connectivity index (χ3n) is 10.3. The number of ether oxygens (including phenoxy) is 1. The number of alkyl halides is 3. The number of para-hydroxylation sites is 1. The number of rotatable bonds is 14. The molecule has 58 heavy (non-hydrogen) atoms. The van der Waals surface area contributed by atoms with Gasteiger partial charge in [0.15, 0.2) is 5.11 Å². The summed E-state index contributed by atoms with van der Waals surface area (Å²) in [6.45, 7) is 9.63. The van der Waals surface area contributed by atoms with Gasteiger partial charge in [0, 0.05) is 82.4 Å². The molecule has 0 atom stereocenters. The zero-order chi connectivity index (χ0) is 41.6. The van der Waals surface area contributed by atoms with E-state index in [1.165, 1.54) is 11.0 Å². The van der Waals surface area contributed by atoms with Crippen molar-refractivity contribution >= 4 is 63.8 Å². The maximum Gasteiger partial charge on any atom is 0.417 e. The highest BCUT2D eigenvalue weighted by Crippen LogP contribution is 2.40. The number of carbonyl (C=O) groups is 4. The van der Waals surface area contributed by atoms with E-state index >= 15 is 0 Å². The molecule has 18 heteroatoms. The van der Waals surface area contributed by atoms with E-state index in [2.05, 4.69) is 25.8 Å². The van der Waals surface area contributed by atoms with Gasteiger partial charge in [0.25, 0.3) is 11.8 Å². The Balaban J connectivity index is 0.928. The highest BCUT2D eigenvalue weighted by Gasteiger charge is 2.50. The van der Waals surface area contributed by atoms with Crippen molar-refractivity contribution in [1.82, 2.24) is 20.4 Å². The van der Waals surface area contributed by atoms with Gasteiger partial charge in [0.1, 0.15) is 5.54 Å². The third-order valence-corrected chi connectivity index (χ3v) is 10.7. The van der Waals surface area contributed by atoms with Crippen LogP contribution in [0.4, 0.5) is 40.7 Å². The van der Waals surface area contributed by atoms with Crippen molar-refractivity contribution in [3.05, 3.63) is 83.4 Å². The van der Waals surface area contributed by atoms with Crippen molar-refractivity contribution in [2.45, 2.75) is 32.0 Å². The summed E-state index contributed by atoms with van der Waals surface area (Å²) in [5, 5.41) is 17.6. The molecule has 0 radical (unpaired) electrons. The van der Waals surface area contributed by atoms with Crippen LogP contribution in [0.3, 0.4) is 0 Å². The lowest BCUT2D eigenvalue weighted by Crippen LogP contribution is -2.51. The Hall–Kier alpha value is -5.77. The second-order valence-corrected chi connectivity index (χ2v) is 14.8. The van der Waals surface area contributed by atoms with E-state index in [1.807, 2.05) is 36.4 Å². The van der Waals surface area contributed by atoms with Crippen molar-refractivity contribution in [2.24, 2.45) is 0 Å². The fourth-order valence-electron chi connectivity index (χ4n) is 7.10. The van der Waals surface area contributed by atoms with E-state index in [-0.39, 0.29) is 35.6 Å². The molecule has 3 saturated heterocycles. The van der Waals surface area contributed by atoms with Gasteiger partial charge < -0.3 is 30.1 Å². The minimum Gasteiger partial charge on any atom is -0.382 e. The number of imide groups is 1. The molecule has 306 valence electrons. The van der Waals surface area contributed by atoms with Gasteiger partial charge in [0.2, 0.25) is 5.91 Å². The standard InChI is InChI=1S/C40H44F3N9O5S/c1-39(2)36(55)51(30-8-7-27(26-44)32(25-30)40(41,42)43)38(58)52(39)29-11-9-28(10-12-29)49-20-18-48(19-21-49)22-24-57-23-15-45-33-6-4-3-5-31(33)35(54)46-14-17-50-16-13-34(53)47-37(50)56/h3-12,25,45H,13-24H2,1-2H3,(H,46,54)(H,47,53,56). The fraction of sp³-hybridized carbons (Fsp3) is 0.400. The Labute approximate surface area is 339 Å². The number of piperazine rings is 1. The number of nitrogens with one attached hydrogen (secondary N) is 3. The summed E-state index contributed by atoms with van der Waals surface area (Å²) in [5.74, 6) is -1.06. The lowest BCUT2D eigenvalue weighted by molar-refractivity contribution is -0.137. The van der Waals surface area contributed by atoms with E-state index in [1.54, 1.807) is 36.9 Å². The van der Waals surface area contributed by atoms with Crippen LogP contribution in [0, 0.1) is 11.3 Å². The molecule has 14 nitrogen and oxygen atoms in total. The maximum absolute atomic E-state index is 13.7. The molecular formula is C40H44F3N9O5S. The molecule has 0 unspecified atom stereocenters. The molecule has 5 amide bonds. The van der Waals surface area contributed by atoms with Gasteiger partial charge in [-0.2, -0.15) is 18.4 Å². The summed E-state index contributed by atoms with van der Waals surface area (Å²) < 4.78 is 47.0. The van der Waals surface area contributed by atoms with E-state index in [0.717, 1.165) is 55.4 Å². The highest BCUT2D eigenvalue weighted by molar-refractivity contribution is 7.81. The Morgan fingerprint density at radius 1 is 0.914 bits per heavy atom. The van der Waals surface area contributed by atoms with E-state index < -0.39 is 34.8 Å². The largest absolute Gasteiger partial charge is 0.417 e. The number of amides is 5. The van der Waals surface area contributed by atoms with E-state index in [9.17, 15) is 37.6 Å². The molecule has 0 bridgehead atoms. The number of urea groups is 1. The number of anilines is 4. The summed E-state index contributed by atoms with van der Waals surface area (Å²) in [4.78, 5) is 58.5. The van der Waals surface area contributed by atoms with E-state index in [4.69, 9.17) is 17.0 Å². The number of benzene rings is 3. The average molecular weight is 820 g/mol. The van der Waals surface area contributed by atoms with Crippen LogP contribution in [-0.2, 0) is 20.5 Å². The molecule has 3 aliphatic rings. The molecule has 3 aliphatic heterocycles. The second-order valence-electron chi connectivity index (χ2n) is 14.4. The Morgan fingerprint density at radius 2 is 1.60 bits per heavy atom. The zero-order valence-corrected chi connectivity index (χ0v) is 32.9. The summed E-state index contributed by atoms with van der Waals surface area (Å²) in [5.41, 5.74) is -0.158. The predicted octanol–water partition coefficient (Wildman–Crippen LogP) is 4.42. The van der Waals surface area contributed by atoms with Crippen molar-refractivity contribution in [1.29, 1.82) is 5.26 Å². The molecule has 3 aromatic rings. The molecule has 3 heterocycles. The lowest BCUT2D eigenvalue weighted by atomic mass is 10.0. The number of hydrogen-bond donors (Lipinski definition) is 3. The minimum absolute atomic E-state index is 0.0406. The predicted molar refractivity (Wildman–Crippen MR) is 216 cm³/mol. The van der Waals surface area contributed by atoms with Crippen molar-refractivity contribution < 1.29 is 37.1 Å². The first-order chi connectivity index (χ1) is 27.7. The quantitative estimate of drug-likeness (QED) is 0.157. The molecule has 0 spiro atoms. The first-order valence-corrected chi connectivity index (χ1v) is 19.2. The Kier molecular flexibility index (Phi) is 12.8. The summed E-state index contributed by atoms with van der Waals surface area (Å²) in [7, 11) is 0. The summed E-state index contributed by atoms with van der Waals surface area (Å²) in [6, 6.07) is 19.0. The first kappa shape index (κ1) is 41.9. The maximum atomic E-state index is 13.7. The van der Waals surface area contributed by atoms with Crippen molar-refractivity contribution in [3.8, 4) is 6.07 Å². The van der Waals surface area contributed by atoms with Gasteiger partial charge in [0.05, 0.1) is 41.7 Å². The normalized spacial score (nSPS) is 17.4. The summed E-state index contributed by atoms with van der Waals surface area (Å²) >= 11 is 5.67. The van der Waals surface area contributed by atoms with Crippen LogP contribution >= 0.6 is 12.2 Å². The number of nitrogens with zero attached hydrogens (tertiary/aromatic N) is 6. The van der Waals surface area contributed by atoms with Gasteiger partial charge in [-0.05, 0) is 80.7 Å². The summed E-state index contributed by atoms with van der Waals surface area (Å²) in [6.07, 6.45) is -4.55. The molecule has 0 saturated carbocycles. The van der Waals surface area contributed by atoms with Crippen LogP contribution in [0.15, 0.2) is 66.7 Å². The average Bonchev–Trinajstić information content (AvgIpc) is 3.38. The van der Waals surface area contributed by atoms with Crippen LogP contribution in [0.1, 0.15) is 41.8 Å². The van der Waals surface area contributed by atoms with Crippen LogP contribution < -0.4 is 30.7 Å². The minimum atomic E-state index is -4.78. The number of nitriles is 1. The number of thiocarbonyl (C=S) groups is 1. The Morgan fingerprint density at radius 3 is 2.29 bits per heavy atom. The monoisotopic (exact) mass is 819 g/mol. The van der Waals surface area contributed by atoms with Gasteiger partial charge in [-0.3, -0.25) is 29.5 Å². The molecule has 3 aromatic carbocycles. The number of halogens is 3. The third kappa shape index (κ3) is 9.33. The second kappa shape index (κ2) is 17.8. The molecule has 6 rings (SSSR count). The molecular weight excluding hydrogens is 776 g/mol. The highest BCUT2D eigenvalue weighted by atomic mass is 32.1. The SMILES string of the molecule is CC1(C)C(=O)N(c2ccc(C#N)c(C(F)(F)F)c2)C(=S)N1c1ccc(N2CCN(CCOCCNc3ccccc3C(=O)NCCN3CCC(=O)NC3=O)CC2)cc1. The van der Waals surface area contributed by atoms with Crippen molar-refractivity contribution in [3.63, 3.8) is 0 Å².